The van der Waals surface area contributed by atoms with Crippen LogP contribution in [0, 0.1) is 0 Å². The molecule has 7 nitrogen and oxygen atoms in total. The van der Waals surface area contributed by atoms with Gasteiger partial charge < -0.3 is 24.3 Å². The number of rotatable bonds is 6. The molecule has 27 heavy (non-hydrogen) atoms. The third-order valence-electron chi connectivity index (χ3n) is 4.07. The number of esters is 1. The van der Waals surface area contributed by atoms with Crippen LogP contribution in [0.5, 0.6) is 17.2 Å². The van der Waals surface area contributed by atoms with E-state index in [0.717, 1.165) is 5.56 Å². The summed E-state index contributed by atoms with van der Waals surface area (Å²) in [6.45, 7) is 2.75. The van der Waals surface area contributed by atoms with E-state index in [4.69, 9.17) is 14.2 Å². The average Bonchev–Trinajstić information content (AvgIpc) is 2.71. The van der Waals surface area contributed by atoms with Gasteiger partial charge in [0.25, 0.3) is 5.91 Å². The van der Waals surface area contributed by atoms with Gasteiger partial charge in [0.1, 0.15) is 19.0 Å². The number of hydrogen-bond donors (Lipinski definition) is 1. The Morgan fingerprint density at radius 3 is 2.67 bits per heavy atom. The number of amides is 1. The molecule has 0 spiro atoms. The van der Waals surface area contributed by atoms with Crippen LogP contribution in [0.25, 0.3) is 0 Å². The number of carbonyl (C=O) groups is 2. The molecule has 1 aliphatic rings. The topological polar surface area (TPSA) is 83.1 Å². The lowest BCUT2D eigenvalue weighted by Gasteiger charge is -2.21. The summed E-state index contributed by atoms with van der Waals surface area (Å²) >= 11 is 0. The molecule has 0 saturated heterocycles. The summed E-state index contributed by atoms with van der Waals surface area (Å²) in [5.41, 5.74) is 1.26. The third kappa shape index (κ3) is 4.69. The Labute approximate surface area is 157 Å². The highest BCUT2D eigenvalue weighted by molar-refractivity contribution is 5.89. The van der Waals surface area contributed by atoms with Crippen LogP contribution >= 0.6 is 0 Å². The third-order valence-corrected chi connectivity index (χ3v) is 4.07. The van der Waals surface area contributed by atoms with Gasteiger partial charge in [-0.15, -0.1) is 0 Å². The summed E-state index contributed by atoms with van der Waals surface area (Å²) in [5.74, 6) is 1.06. The number of ether oxygens (including phenoxy) is 4. The normalized spacial score (nSPS) is 13.4. The molecule has 0 saturated carbocycles. The van der Waals surface area contributed by atoms with Crippen LogP contribution in [-0.2, 0) is 9.53 Å². The van der Waals surface area contributed by atoms with E-state index in [2.05, 4.69) is 10.1 Å². The van der Waals surface area contributed by atoms with E-state index in [0.29, 0.717) is 36.0 Å². The first-order chi connectivity index (χ1) is 13.1. The second kappa shape index (κ2) is 8.44. The van der Waals surface area contributed by atoms with Crippen molar-refractivity contribution in [1.29, 1.82) is 0 Å². The summed E-state index contributed by atoms with van der Waals surface area (Å²) in [7, 11) is 1.31. The largest absolute Gasteiger partial charge is 0.486 e. The molecule has 0 unspecified atom stereocenters. The zero-order valence-electron chi connectivity index (χ0n) is 15.2. The van der Waals surface area contributed by atoms with Crippen molar-refractivity contribution < 1.29 is 28.5 Å². The molecule has 2 aromatic rings. The second-order valence-electron chi connectivity index (χ2n) is 6.00. The van der Waals surface area contributed by atoms with Gasteiger partial charge in [0.15, 0.2) is 18.1 Å². The van der Waals surface area contributed by atoms with Crippen molar-refractivity contribution in [1.82, 2.24) is 5.32 Å². The zero-order valence-corrected chi connectivity index (χ0v) is 15.2. The van der Waals surface area contributed by atoms with E-state index in [1.165, 1.54) is 13.2 Å². The van der Waals surface area contributed by atoms with Gasteiger partial charge in [-0.2, -0.15) is 0 Å². The Morgan fingerprint density at radius 1 is 1.11 bits per heavy atom. The Morgan fingerprint density at radius 2 is 1.89 bits per heavy atom. The van der Waals surface area contributed by atoms with Crippen LogP contribution in [-0.4, -0.2) is 38.8 Å². The fraction of sp³-hybridized carbons (Fsp3) is 0.300. The summed E-state index contributed by atoms with van der Waals surface area (Å²) in [6, 6.07) is 11.8. The SMILES string of the molecule is COC(=O)c1cccc(OCC(=O)N[C@H](C)c2ccc3c(c2)OCCO3)c1. The first-order valence-electron chi connectivity index (χ1n) is 8.57. The van der Waals surface area contributed by atoms with Crippen LogP contribution in [0.1, 0.15) is 28.9 Å². The number of methoxy groups -OCH3 is 1. The number of benzene rings is 2. The lowest BCUT2D eigenvalue weighted by molar-refractivity contribution is -0.123. The van der Waals surface area contributed by atoms with Gasteiger partial charge in [-0.05, 0) is 42.8 Å². The van der Waals surface area contributed by atoms with Gasteiger partial charge in [0.05, 0.1) is 18.7 Å². The highest BCUT2D eigenvalue weighted by Gasteiger charge is 2.16. The molecule has 1 aliphatic heterocycles. The molecule has 2 aromatic carbocycles. The highest BCUT2D eigenvalue weighted by atomic mass is 16.6. The average molecular weight is 371 g/mol. The maximum absolute atomic E-state index is 12.2. The van der Waals surface area contributed by atoms with Crippen molar-refractivity contribution in [2.45, 2.75) is 13.0 Å². The van der Waals surface area contributed by atoms with Crippen molar-refractivity contribution in [2.24, 2.45) is 0 Å². The van der Waals surface area contributed by atoms with Crippen LogP contribution < -0.4 is 19.5 Å². The molecular weight excluding hydrogens is 350 g/mol. The van der Waals surface area contributed by atoms with Crippen LogP contribution in [0.15, 0.2) is 42.5 Å². The number of nitrogens with one attached hydrogen (secondary N) is 1. The van der Waals surface area contributed by atoms with E-state index in [1.54, 1.807) is 18.2 Å². The number of carbonyl (C=O) groups excluding carboxylic acids is 2. The molecule has 0 aromatic heterocycles. The Bertz CT molecular complexity index is 835. The van der Waals surface area contributed by atoms with Crippen molar-refractivity contribution in [3.63, 3.8) is 0 Å². The van der Waals surface area contributed by atoms with Crippen LogP contribution in [0.3, 0.4) is 0 Å². The molecule has 0 bridgehead atoms. The Kier molecular flexibility index (Phi) is 5.80. The van der Waals surface area contributed by atoms with Crippen molar-refractivity contribution in [3.8, 4) is 17.2 Å². The van der Waals surface area contributed by atoms with E-state index in [9.17, 15) is 9.59 Å². The van der Waals surface area contributed by atoms with E-state index >= 15 is 0 Å². The quantitative estimate of drug-likeness (QED) is 0.786. The molecule has 1 amide bonds. The van der Waals surface area contributed by atoms with Gasteiger partial charge in [-0.25, -0.2) is 4.79 Å². The van der Waals surface area contributed by atoms with Gasteiger partial charge >= 0.3 is 5.97 Å². The van der Waals surface area contributed by atoms with E-state index < -0.39 is 5.97 Å². The van der Waals surface area contributed by atoms with Gasteiger partial charge in [-0.3, -0.25) is 4.79 Å². The fourth-order valence-corrected chi connectivity index (χ4v) is 2.68. The van der Waals surface area contributed by atoms with Crippen molar-refractivity contribution in [2.75, 3.05) is 26.9 Å². The first-order valence-corrected chi connectivity index (χ1v) is 8.57. The lowest BCUT2D eigenvalue weighted by Crippen LogP contribution is -2.31. The summed E-state index contributed by atoms with van der Waals surface area (Å²) in [6.07, 6.45) is 0. The van der Waals surface area contributed by atoms with Gasteiger partial charge in [0, 0.05) is 0 Å². The smallest absolute Gasteiger partial charge is 0.337 e. The predicted molar refractivity (Wildman–Crippen MR) is 97.3 cm³/mol. The summed E-state index contributed by atoms with van der Waals surface area (Å²) < 4.78 is 21.2. The molecule has 1 heterocycles. The molecule has 7 heteroatoms. The molecule has 1 N–H and O–H groups in total. The Hall–Kier alpha value is -3.22. The molecule has 0 radical (unpaired) electrons. The molecule has 3 rings (SSSR count). The number of fused-ring (bicyclic) bond motifs is 1. The van der Waals surface area contributed by atoms with Gasteiger partial charge in [-0.1, -0.05) is 12.1 Å². The van der Waals surface area contributed by atoms with Crippen molar-refractivity contribution >= 4 is 11.9 Å². The summed E-state index contributed by atoms with van der Waals surface area (Å²) in [4.78, 5) is 23.7. The minimum atomic E-state index is -0.461. The van der Waals surface area contributed by atoms with E-state index in [1.807, 2.05) is 25.1 Å². The fourth-order valence-electron chi connectivity index (χ4n) is 2.68. The monoisotopic (exact) mass is 371 g/mol. The lowest BCUT2D eigenvalue weighted by atomic mass is 10.1. The number of hydrogen-bond acceptors (Lipinski definition) is 6. The maximum atomic E-state index is 12.2. The molecule has 0 fully saturated rings. The first kappa shape index (κ1) is 18.6. The maximum Gasteiger partial charge on any atom is 0.337 e. The summed E-state index contributed by atoms with van der Waals surface area (Å²) in [5, 5.41) is 2.87. The van der Waals surface area contributed by atoms with Crippen LogP contribution in [0.4, 0.5) is 0 Å². The zero-order chi connectivity index (χ0) is 19.2. The molecule has 1 atom stereocenters. The van der Waals surface area contributed by atoms with Crippen LogP contribution in [0.2, 0.25) is 0 Å². The molecular formula is C20H21NO6. The van der Waals surface area contributed by atoms with E-state index in [-0.39, 0.29) is 18.6 Å². The second-order valence-corrected chi connectivity index (χ2v) is 6.00. The minimum absolute atomic E-state index is 0.167. The Balaban J connectivity index is 1.55. The minimum Gasteiger partial charge on any atom is -0.486 e. The highest BCUT2D eigenvalue weighted by Crippen LogP contribution is 2.32. The molecule has 0 aliphatic carbocycles. The standard InChI is InChI=1S/C20H21NO6/c1-13(14-6-7-17-18(11-14)26-9-8-25-17)21-19(22)12-27-16-5-3-4-15(10-16)20(23)24-2/h3-7,10-11,13H,8-9,12H2,1-2H3,(H,21,22)/t13-/m1/s1. The van der Waals surface area contributed by atoms with Crippen molar-refractivity contribution in [3.05, 3.63) is 53.6 Å². The molecule has 142 valence electrons. The van der Waals surface area contributed by atoms with Gasteiger partial charge in [0.2, 0.25) is 0 Å². The predicted octanol–water partition coefficient (Wildman–Crippen LogP) is 2.50.